The molecule has 1 aliphatic heterocycles. The lowest BCUT2D eigenvalue weighted by molar-refractivity contribution is 0.260. The zero-order chi connectivity index (χ0) is 14.1. The molecule has 1 fully saturated rings. The van der Waals surface area contributed by atoms with E-state index in [1.807, 2.05) is 0 Å². The Bertz CT molecular complexity index is 594. The quantitative estimate of drug-likeness (QED) is 0.907. The first kappa shape index (κ1) is 13.9. The molecule has 1 saturated heterocycles. The summed E-state index contributed by atoms with van der Waals surface area (Å²) in [6, 6.07) is 5.37. The third-order valence-electron chi connectivity index (χ3n) is 3.53. The Morgan fingerprint density at radius 1 is 1.25 bits per heavy atom. The molecular formula is C14H15Cl2N3O. The molecule has 0 bridgehead atoms. The van der Waals surface area contributed by atoms with Gasteiger partial charge in [-0.25, -0.2) is 0 Å². The molecule has 0 aliphatic carbocycles. The third kappa shape index (κ3) is 2.97. The van der Waals surface area contributed by atoms with Crippen molar-refractivity contribution in [3.05, 3.63) is 34.1 Å². The molecule has 20 heavy (non-hydrogen) atoms. The minimum atomic E-state index is 0.134. The molecule has 0 saturated carbocycles. The molecule has 2 atom stereocenters. The lowest BCUT2D eigenvalue weighted by atomic mass is 9.94. The molecule has 3 rings (SSSR count). The summed E-state index contributed by atoms with van der Waals surface area (Å²) < 4.78 is 5.38. The number of hydrogen-bond donors (Lipinski definition) is 1. The van der Waals surface area contributed by atoms with E-state index in [1.165, 1.54) is 6.42 Å². The van der Waals surface area contributed by atoms with Crippen molar-refractivity contribution >= 4 is 23.2 Å². The van der Waals surface area contributed by atoms with Crippen LogP contribution in [0.2, 0.25) is 10.0 Å². The zero-order valence-electron chi connectivity index (χ0n) is 11.1. The Balaban J connectivity index is 1.86. The molecule has 1 aromatic carbocycles. The number of hydrogen-bond acceptors (Lipinski definition) is 4. The second-order valence-corrected chi connectivity index (χ2v) is 6.12. The Morgan fingerprint density at radius 2 is 2.00 bits per heavy atom. The molecule has 2 aromatic rings. The van der Waals surface area contributed by atoms with E-state index in [2.05, 4.69) is 22.4 Å². The van der Waals surface area contributed by atoms with Gasteiger partial charge in [-0.05, 0) is 43.5 Å². The van der Waals surface area contributed by atoms with Gasteiger partial charge in [0.05, 0.1) is 6.04 Å². The van der Waals surface area contributed by atoms with Crippen molar-refractivity contribution in [2.45, 2.75) is 25.8 Å². The summed E-state index contributed by atoms with van der Waals surface area (Å²) in [6.45, 7) is 3.22. The molecule has 2 heterocycles. The van der Waals surface area contributed by atoms with Crippen LogP contribution in [0.4, 0.5) is 0 Å². The summed E-state index contributed by atoms with van der Waals surface area (Å²) in [4.78, 5) is 4.46. The topological polar surface area (TPSA) is 51.0 Å². The standard InChI is InChI=1S/C14H15Cl2N3O/c1-8-2-3-17-12(4-8)14-18-13(19-20-14)9-5-10(15)7-11(16)6-9/h5-8,12,17H,2-4H2,1H3. The lowest BCUT2D eigenvalue weighted by Gasteiger charge is -2.25. The van der Waals surface area contributed by atoms with Gasteiger partial charge < -0.3 is 9.84 Å². The molecule has 1 aromatic heterocycles. The fraction of sp³-hybridized carbons (Fsp3) is 0.429. The zero-order valence-corrected chi connectivity index (χ0v) is 12.6. The summed E-state index contributed by atoms with van der Waals surface area (Å²) in [5, 5.41) is 8.55. The first-order valence-electron chi connectivity index (χ1n) is 6.65. The molecule has 0 amide bonds. The third-order valence-corrected chi connectivity index (χ3v) is 3.96. The van der Waals surface area contributed by atoms with Crippen LogP contribution in [0.15, 0.2) is 22.7 Å². The van der Waals surface area contributed by atoms with Gasteiger partial charge in [0.1, 0.15) is 0 Å². The smallest absolute Gasteiger partial charge is 0.244 e. The molecule has 0 radical (unpaired) electrons. The van der Waals surface area contributed by atoms with Crippen molar-refractivity contribution in [1.82, 2.24) is 15.5 Å². The van der Waals surface area contributed by atoms with E-state index in [0.29, 0.717) is 27.7 Å². The first-order chi connectivity index (χ1) is 9.61. The number of benzene rings is 1. The van der Waals surface area contributed by atoms with Crippen LogP contribution < -0.4 is 5.32 Å². The molecule has 4 nitrogen and oxygen atoms in total. The molecular weight excluding hydrogens is 297 g/mol. The summed E-state index contributed by atoms with van der Waals surface area (Å²) in [5.74, 6) is 1.81. The predicted octanol–water partition coefficient (Wildman–Crippen LogP) is 4.10. The first-order valence-corrected chi connectivity index (χ1v) is 7.41. The highest BCUT2D eigenvalue weighted by molar-refractivity contribution is 6.35. The van der Waals surface area contributed by atoms with Crippen LogP contribution in [0.1, 0.15) is 31.7 Å². The summed E-state index contributed by atoms with van der Waals surface area (Å²) in [7, 11) is 0. The van der Waals surface area contributed by atoms with E-state index in [4.69, 9.17) is 27.7 Å². The average Bonchev–Trinajstić information content (AvgIpc) is 2.87. The van der Waals surface area contributed by atoms with Crippen LogP contribution >= 0.6 is 23.2 Å². The van der Waals surface area contributed by atoms with Crippen molar-refractivity contribution in [3.8, 4) is 11.4 Å². The van der Waals surface area contributed by atoms with Crippen molar-refractivity contribution in [1.29, 1.82) is 0 Å². The van der Waals surface area contributed by atoms with Gasteiger partial charge in [0, 0.05) is 15.6 Å². The monoisotopic (exact) mass is 311 g/mol. The Kier molecular flexibility index (Phi) is 3.96. The van der Waals surface area contributed by atoms with Gasteiger partial charge in [0.15, 0.2) is 0 Å². The van der Waals surface area contributed by atoms with Crippen LogP contribution in [0.3, 0.4) is 0 Å². The van der Waals surface area contributed by atoms with E-state index >= 15 is 0 Å². The molecule has 2 unspecified atom stereocenters. The molecule has 6 heteroatoms. The molecule has 106 valence electrons. The van der Waals surface area contributed by atoms with Gasteiger partial charge in [-0.1, -0.05) is 35.3 Å². The SMILES string of the molecule is CC1CCNC(c2nc(-c3cc(Cl)cc(Cl)c3)no2)C1. The fourth-order valence-corrected chi connectivity index (χ4v) is 3.00. The van der Waals surface area contributed by atoms with Gasteiger partial charge in [0.25, 0.3) is 0 Å². The lowest BCUT2D eigenvalue weighted by Crippen LogP contribution is -2.30. The maximum absolute atomic E-state index is 5.99. The van der Waals surface area contributed by atoms with Crippen molar-refractivity contribution < 1.29 is 4.52 Å². The minimum Gasteiger partial charge on any atom is -0.337 e. The number of aromatic nitrogens is 2. The maximum Gasteiger partial charge on any atom is 0.244 e. The van der Waals surface area contributed by atoms with Gasteiger partial charge in [0.2, 0.25) is 11.7 Å². The van der Waals surface area contributed by atoms with E-state index in [9.17, 15) is 0 Å². The predicted molar refractivity (Wildman–Crippen MR) is 78.9 cm³/mol. The molecule has 1 aliphatic rings. The highest BCUT2D eigenvalue weighted by atomic mass is 35.5. The molecule has 1 N–H and O–H groups in total. The van der Waals surface area contributed by atoms with Crippen LogP contribution in [0.25, 0.3) is 11.4 Å². The second-order valence-electron chi connectivity index (χ2n) is 5.25. The highest BCUT2D eigenvalue weighted by Crippen LogP contribution is 2.29. The van der Waals surface area contributed by atoms with Gasteiger partial charge in [-0.3, -0.25) is 0 Å². The van der Waals surface area contributed by atoms with Crippen molar-refractivity contribution in [2.75, 3.05) is 6.54 Å². The van der Waals surface area contributed by atoms with E-state index < -0.39 is 0 Å². The van der Waals surface area contributed by atoms with Crippen LogP contribution in [0, 0.1) is 5.92 Å². The van der Waals surface area contributed by atoms with E-state index in [1.54, 1.807) is 18.2 Å². The van der Waals surface area contributed by atoms with Gasteiger partial charge in [-0.2, -0.15) is 4.98 Å². The van der Waals surface area contributed by atoms with Crippen LogP contribution in [-0.4, -0.2) is 16.7 Å². The van der Waals surface area contributed by atoms with E-state index in [-0.39, 0.29) is 6.04 Å². The number of halogens is 2. The minimum absolute atomic E-state index is 0.134. The largest absolute Gasteiger partial charge is 0.337 e. The average molecular weight is 312 g/mol. The summed E-state index contributed by atoms with van der Waals surface area (Å²) >= 11 is 12.0. The Labute approximate surface area is 127 Å². The van der Waals surface area contributed by atoms with Crippen LogP contribution in [0.5, 0.6) is 0 Å². The van der Waals surface area contributed by atoms with Gasteiger partial charge >= 0.3 is 0 Å². The number of rotatable bonds is 2. The number of piperidine rings is 1. The number of nitrogens with zero attached hydrogens (tertiary/aromatic N) is 2. The Morgan fingerprint density at radius 3 is 2.70 bits per heavy atom. The molecule has 0 spiro atoms. The normalized spacial score (nSPS) is 22.9. The van der Waals surface area contributed by atoms with Crippen molar-refractivity contribution in [3.63, 3.8) is 0 Å². The maximum atomic E-state index is 5.99. The van der Waals surface area contributed by atoms with Crippen molar-refractivity contribution in [2.24, 2.45) is 5.92 Å². The van der Waals surface area contributed by atoms with Crippen LogP contribution in [-0.2, 0) is 0 Å². The fourth-order valence-electron chi connectivity index (χ4n) is 2.47. The Hall–Kier alpha value is -1.10. The summed E-state index contributed by atoms with van der Waals surface area (Å²) in [6.07, 6.45) is 2.19. The number of nitrogens with one attached hydrogen (secondary N) is 1. The second kappa shape index (κ2) is 5.72. The highest BCUT2D eigenvalue weighted by Gasteiger charge is 2.25. The van der Waals surface area contributed by atoms with E-state index in [0.717, 1.165) is 18.5 Å². The summed E-state index contributed by atoms with van der Waals surface area (Å²) in [5.41, 5.74) is 0.765. The van der Waals surface area contributed by atoms with Gasteiger partial charge in [-0.15, -0.1) is 0 Å².